The molecule has 1 aromatic carbocycles. The summed E-state index contributed by atoms with van der Waals surface area (Å²) < 4.78 is 0. The van der Waals surface area contributed by atoms with Gasteiger partial charge in [-0.2, -0.15) is 5.10 Å². The van der Waals surface area contributed by atoms with Crippen molar-refractivity contribution >= 4 is 17.5 Å². The Balaban J connectivity index is 2.28. The highest BCUT2D eigenvalue weighted by atomic mass is 16.2. The van der Waals surface area contributed by atoms with E-state index >= 15 is 0 Å². The second kappa shape index (κ2) is 9.69. The molecule has 1 aromatic rings. The first-order valence-electron chi connectivity index (χ1n) is 7.24. The molecule has 0 fully saturated rings. The second-order valence-corrected chi connectivity index (χ2v) is 4.92. The molecule has 0 unspecified atom stereocenters. The van der Waals surface area contributed by atoms with Crippen LogP contribution < -0.4 is 10.7 Å². The summed E-state index contributed by atoms with van der Waals surface area (Å²) in [7, 11) is 0. The van der Waals surface area contributed by atoms with Crippen LogP contribution in [0.2, 0.25) is 0 Å². The summed E-state index contributed by atoms with van der Waals surface area (Å²) in [6.07, 6.45) is 2.46. The number of amides is 2. The summed E-state index contributed by atoms with van der Waals surface area (Å²) in [6, 6.07) is 9.70. The van der Waals surface area contributed by atoms with Crippen molar-refractivity contribution < 1.29 is 9.59 Å². The number of nitrogens with zero attached hydrogens (tertiary/aromatic N) is 1. The fourth-order valence-electron chi connectivity index (χ4n) is 1.68. The van der Waals surface area contributed by atoms with E-state index in [0.717, 1.165) is 18.4 Å². The highest BCUT2D eigenvalue weighted by Gasteiger charge is 2.04. The summed E-state index contributed by atoms with van der Waals surface area (Å²) in [5.41, 5.74) is 4.10. The number of carbonyl (C=O) groups excluding carboxylic acids is 2. The van der Waals surface area contributed by atoms with E-state index in [1.165, 1.54) is 0 Å². The molecule has 0 aromatic heterocycles. The lowest BCUT2D eigenvalue weighted by atomic mass is 10.2. The van der Waals surface area contributed by atoms with E-state index in [1.54, 1.807) is 6.92 Å². The van der Waals surface area contributed by atoms with E-state index in [4.69, 9.17) is 0 Å². The first-order chi connectivity index (χ1) is 10.1. The average molecular weight is 289 g/mol. The van der Waals surface area contributed by atoms with Crippen LogP contribution in [0.5, 0.6) is 0 Å². The van der Waals surface area contributed by atoms with Gasteiger partial charge in [-0.3, -0.25) is 9.59 Å². The molecule has 0 aliphatic carbocycles. The van der Waals surface area contributed by atoms with E-state index in [1.807, 2.05) is 37.3 Å². The lowest BCUT2D eigenvalue weighted by molar-refractivity contribution is -0.121. The molecule has 0 heterocycles. The number of benzene rings is 1. The van der Waals surface area contributed by atoms with Crippen molar-refractivity contribution in [3.05, 3.63) is 35.9 Å². The van der Waals surface area contributed by atoms with Crippen LogP contribution in [0.25, 0.3) is 0 Å². The summed E-state index contributed by atoms with van der Waals surface area (Å²) in [5.74, 6) is -0.219. The molecule has 0 aliphatic heterocycles. The number of carbonyl (C=O) groups is 2. The Labute approximate surface area is 125 Å². The first-order valence-corrected chi connectivity index (χ1v) is 7.24. The summed E-state index contributed by atoms with van der Waals surface area (Å²) in [5, 5.41) is 6.75. The fraction of sp³-hybridized carbons (Fsp3) is 0.438. The lowest BCUT2D eigenvalue weighted by Gasteiger charge is -2.05. The standard InChI is InChI=1S/C16H23N3O2/c1-3-4-10-15(20)19-18-13(2)11-16(21)17-12-14-8-6-5-7-9-14/h5-9H,3-4,10-12H2,1-2H3,(H,17,21)(H,19,20)/b18-13+. The summed E-state index contributed by atoms with van der Waals surface area (Å²) in [6.45, 7) is 4.25. The maximum atomic E-state index is 11.7. The number of rotatable bonds is 8. The molecule has 0 radical (unpaired) electrons. The van der Waals surface area contributed by atoms with Gasteiger partial charge in [-0.15, -0.1) is 0 Å². The molecule has 21 heavy (non-hydrogen) atoms. The fourth-order valence-corrected chi connectivity index (χ4v) is 1.68. The van der Waals surface area contributed by atoms with Crippen LogP contribution >= 0.6 is 0 Å². The average Bonchev–Trinajstić information content (AvgIpc) is 2.50. The molecule has 0 spiro atoms. The van der Waals surface area contributed by atoms with Crippen molar-refractivity contribution in [3.8, 4) is 0 Å². The Morgan fingerprint density at radius 3 is 2.52 bits per heavy atom. The SMILES string of the molecule is CCCCC(=O)N/N=C(\C)CC(=O)NCc1ccccc1. The van der Waals surface area contributed by atoms with Crippen LogP contribution in [0.4, 0.5) is 0 Å². The van der Waals surface area contributed by atoms with E-state index in [-0.39, 0.29) is 18.2 Å². The number of nitrogens with one attached hydrogen (secondary N) is 2. The van der Waals surface area contributed by atoms with Crippen molar-refractivity contribution in [2.75, 3.05) is 0 Å². The van der Waals surface area contributed by atoms with Crippen LogP contribution in [-0.4, -0.2) is 17.5 Å². The molecule has 114 valence electrons. The normalized spacial score (nSPS) is 11.0. The van der Waals surface area contributed by atoms with Gasteiger partial charge in [0.1, 0.15) is 0 Å². The van der Waals surface area contributed by atoms with Crippen molar-refractivity contribution in [2.45, 2.75) is 46.1 Å². The molecule has 0 saturated carbocycles. The van der Waals surface area contributed by atoms with Crippen molar-refractivity contribution in [1.29, 1.82) is 0 Å². The number of hydrogen-bond acceptors (Lipinski definition) is 3. The number of hydrazone groups is 1. The van der Waals surface area contributed by atoms with E-state index < -0.39 is 0 Å². The molecular formula is C16H23N3O2. The Hall–Kier alpha value is -2.17. The maximum absolute atomic E-state index is 11.7. The Kier molecular flexibility index (Phi) is 7.79. The number of hydrogen-bond donors (Lipinski definition) is 2. The molecule has 2 N–H and O–H groups in total. The summed E-state index contributed by atoms with van der Waals surface area (Å²) >= 11 is 0. The molecule has 1 rings (SSSR count). The zero-order valence-corrected chi connectivity index (χ0v) is 12.7. The van der Waals surface area contributed by atoms with E-state index in [9.17, 15) is 9.59 Å². The highest BCUT2D eigenvalue weighted by Crippen LogP contribution is 1.98. The van der Waals surface area contributed by atoms with Crippen LogP contribution in [0.15, 0.2) is 35.4 Å². The van der Waals surface area contributed by atoms with Gasteiger partial charge in [0, 0.05) is 18.7 Å². The van der Waals surface area contributed by atoms with Gasteiger partial charge in [0.25, 0.3) is 0 Å². The Morgan fingerprint density at radius 1 is 1.14 bits per heavy atom. The third-order valence-corrected chi connectivity index (χ3v) is 2.88. The van der Waals surface area contributed by atoms with Gasteiger partial charge in [-0.25, -0.2) is 5.43 Å². The Morgan fingerprint density at radius 2 is 1.86 bits per heavy atom. The van der Waals surface area contributed by atoms with Crippen molar-refractivity contribution in [1.82, 2.24) is 10.7 Å². The lowest BCUT2D eigenvalue weighted by Crippen LogP contribution is -2.26. The predicted molar refractivity (Wildman–Crippen MR) is 83.7 cm³/mol. The third kappa shape index (κ3) is 7.87. The van der Waals surface area contributed by atoms with E-state index in [2.05, 4.69) is 15.8 Å². The predicted octanol–water partition coefficient (Wildman–Crippen LogP) is 2.38. The van der Waals surface area contributed by atoms with Gasteiger partial charge in [-0.1, -0.05) is 43.7 Å². The van der Waals surface area contributed by atoms with Gasteiger partial charge in [0.05, 0.1) is 6.42 Å². The zero-order chi connectivity index (χ0) is 15.5. The monoisotopic (exact) mass is 289 g/mol. The minimum atomic E-state index is -0.110. The summed E-state index contributed by atoms with van der Waals surface area (Å²) in [4.78, 5) is 23.1. The van der Waals surface area contributed by atoms with Crippen LogP contribution in [0.1, 0.15) is 45.1 Å². The second-order valence-electron chi connectivity index (χ2n) is 4.92. The Bertz CT molecular complexity index is 484. The van der Waals surface area contributed by atoms with E-state index in [0.29, 0.717) is 18.7 Å². The smallest absolute Gasteiger partial charge is 0.240 e. The van der Waals surface area contributed by atoms with Crippen molar-refractivity contribution in [3.63, 3.8) is 0 Å². The van der Waals surface area contributed by atoms with Gasteiger partial charge in [0.15, 0.2) is 0 Å². The molecule has 0 atom stereocenters. The van der Waals surface area contributed by atoms with Gasteiger partial charge in [0.2, 0.25) is 11.8 Å². The van der Waals surface area contributed by atoms with Crippen LogP contribution in [-0.2, 0) is 16.1 Å². The number of unbranched alkanes of at least 4 members (excludes halogenated alkanes) is 1. The quantitative estimate of drug-likeness (QED) is 0.570. The largest absolute Gasteiger partial charge is 0.352 e. The maximum Gasteiger partial charge on any atom is 0.240 e. The topological polar surface area (TPSA) is 70.6 Å². The molecule has 2 amide bonds. The zero-order valence-electron chi connectivity index (χ0n) is 12.7. The molecule has 0 saturated heterocycles. The minimum Gasteiger partial charge on any atom is -0.352 e. The third-order valence-electron chi connectivity index (χ3n) is 2.88. The van der Waals surface area contributed by atoms with Gasteiger partial charge < -0.3 is 5.32 Å². The molecule has 5 heteroatoms. The molecule has 0 bridgehead atoms. The molecular weight excluding hydrogens is 266 g/mol. The van der Waals surface area contributed by atoms with Gasteiger partial charge >= 0.3 is 0 Å². The highest BCUT2D eigenvalue weighted by molar-refractivity contribution is 6.00. The van der Waals surface area contributed by atoms with Crippen LogP contribution in [0.3, 0.4) is 0 Å². The van der Waals surface area contributed by atoms with Crippen molar-refractivity contribution in [2.24, 2.45) is 5.10 Å². The van der Waals surface area contributed by atoms with Gasteiger partial charge in [-0.05, 0) is 18.9 Å². The first kappa shape index (κ1) is 16.9. The van der Waals surface area contributed by atoms with Crippen LogP contribution in [0, 0.1) is 0 Å². The molecule has 0 aliphatic rings. The molecule has 5 nitrogen and oxygen atoms in total. The minimum absolute atomic E-state index is 0.108.